The Bertz CT molecular complexity index is 504. The fourth-order valence-corrected chi connectivity index (χ4v) is 3.43. The fraction of sp³-hybridized carbons (Fsp3) is 0.533. The summed E-state index contributed by atoms with van der Waals surface area (Å²) >= 11 is 0. The maximum Gasteiger partial charge on any atom is 0.0992 e. The molecular formula is C15H18N2O. The van der Waals surface area contributed by atoms with Crippen molar-refractivity contribution in [2.75, 3.05) is 11.4 Å². The first-order valence-corrected chi connectivity index (χ1v) is 6.68. The monoisotopic (exact) mass is 242 g/mol. The number of nitriles is 1. The fourth-order valence-electron chi connectivity index (χ4n) is 3.43. The van der Waals surface area contributed by atoms with Gasteiger partial charge in [-0.05, 0) is 44.2 Å². The Morgan fingerprint density at radius 3 is 2.83 bits per heavy atom. The number of aliphatic hydroxyl groups is 1. The highest BCUT2D eigenvalue weighted by atomic mass is 16.3. The Balaban J connectivity index is 2.01. The zero-order valence-corrected chi connectivity index (χ0v) is 10.6. The Morgan fingerprint density at radius 2 is 2.28 bits per heavy atom. The van der Waals surface area contributed by atoms with Crippen LogP contribution in [0.15, 0.2) is 18.2 Å². The number of fused-ring (bicyclic) bond motifs is 2. The maximum absolute atomic E-state index is 9.89. The third kappa shape index (κ3) is 1.77. The largest absolute Gasteiger partial charge is 0.389 e. The van der Waals surface area contributed by atoms with Gasteiger partial charge in [0.25, 0.3) is 0 Å². The van der Waals surface area contributed by atoms with Gasteiger partial charge in [-0.3, -0.25) is 0 Å². The van der Waals surface area contributed by atoms with Crippen LogP contribution >= 0.6 is 0 Å². The zero-order valence-electron chi connectivity index (χ0n) is 10.6. The number of benzene rings is 1. The van der Waals surface area contributed by atoms with Crippen molar-refractivity contribution in [3.63, 3.8) is 0 Å². The highest BCUT2D eigenvalue weighted by Gasteiger charge is 2.38. The van der Waals surface area contributed by atoms with E-state index < -0.39 is 6.10 Å². The second-order valence-electron chi connectivity index (χ2n) is 5.55. The van der Waals surface area contributed by atoms with Gasteiger partial charge in [-0.1, -0.05) is 6.07 Å². The molecule has 1 aromatic carbocycles. The second kappa shape index (κ2) is 4.29. The Morgan fingerprint density at radius 1 is 1.44 bits per heavy atom. The van der Waals surface area contributed by atoms with Gasteiger partial charge in [-0.2, -0.15) is 5.26 Å². The zero-order chi connectivity index (χ0) is 12.7. The SMILES string of the molecule is CC(O)c1ccc(C#N)cc1N1CC2CCC1C2. The van der Waals surface area contributed by atoms with Crippen molar-refractivity contribution < 1.29 is 5.11 Å². The standard InChI is InChI=1S/C15H18N2O/c1-10(18)14-5-3-11(8-16)7-15(14)17-9-12-2-4-13(17)6-12/h3,5,7,10,12-13,18H,2,4,6,9H2,1H3. The van der Waals surface area contributed by atoms with Gasteiger partial charge in [0.15, 0.2) is 0 Å². The van der Waals surface area contributed by atoms with Crippen LogP contribution in [0.4, 0.5) is 5.69 Å². The van der Waals surface area contributed by atoms with Crippen LogP contribution in [-0.4, -0.2) is 17.7 Å². The Labute approximate surface area is 108 Å². The van der Waals surface area contributed by atoms with Crippen molar-refractivity contribution in [1.29, 1.82) is 5.26 Å². The lowest BCUT2D eigenvalue weighted by molar-refractivity contribution is 0.199. The number of nitrogens with zero attached hydrogens (tertiary/aromatic N) is 2. The molecule has 2 aliphatic rings. The highest BCUT2D eigenvalue weighted by Crippen LogP contribution is 2.42. The minimum absolute atomic E-state index is 0.480. The van der Waals surface area contributed by atoms with Crippen molar-refractivity contribution in [1.82, 2.24) is 0 Å². The molecule has 0 amide bonds. The average Bonchev–Trinajstić information content (AvgIpc) is 3.00. The predicted molar refractivity (Wildman–Crippen MR) is 70.3 cm³/mol. The quantitative estimate of drug-likeness (QED) is 0.867. The van der Waals surface area contributed by atoms with E-state index in [0.717, 1.165) is 23.7 Å². The van der Waals surface area contributed by atoms with Crippen LogP contribution in [-0.2, 0) is 0 Å². The summed E-state index contributed by atoms with van der Waals surface area (Å²) in [4.78, 5) is 2.40. The molecular weight excluding hydrogens is 224 g/mol. The molecule has 3 rings (SSSR count). The van der Waals surface area contributed by atoms with Gasteiger partial charge < -0.3 is 10.0 Å². The summed E-state index contributed by atoms with van der Waals surface area (Å²) < 4.78 is 0. The molecule has 0 radical (unpaired) electrons. The van der Waals surface area contributed by atoms with Gasteiger partial charge in [-0.25, -0.2) is 0 Å². The van der Waals surface area contributed by atoms with E-state index in [9.17, 15) is 5.11 Å². The summed E-state index contributed by atoms with van der Waals surface area (Å²) in [6.45, 7) is 2.87. The van der Waals surface area contributed by atoms with Crippen LogP contribution in [0.1, 0.15) is 43.4 Å². The van der Waals surface area contributed by atoms with E-state index in [2.05, 4.69) is 11.0 Å². The number of piperidine rings is 1. The normalized spacial score (nSPS) is 27.3. The van der Waals surface area contributed by atoms with E-state index in [1.807, 2.05) is 12.1 Å². The molecule has 1 N–H and O–H groups in total. The van der Waals surface area contributed by atoms with Crippen molar-refractivity contribution in [2.24, 2.45) is 5.92 Å². The lowest BCUT2D eigenvalue weighted by Gasteiger charge is -2.31. The summed E-state index contributed by atoms with van der Waals surface area (Å²) in [6, 6.07) is 8.42. The minimum atomic E-state index is -0.480. The first kappa shape index (κ1) is 11.6. The number of anilines is 1. The number of aliphatic hydroxyl groups excluding tert-OH is 1. The third-order valence-electron chi connectivity index (χ3n) is 4.33. The van der Waals surface area contributed by atoms with Gasteiger partial charge in [0, 0.05) is 23.8 Å². The summed E-state index contributed by atoms with van der Waals surface area (Å²) in [5, 5.41) is 18.9. The van der Waals surface area contributed by atoms with Crippen molar-refractivity contribution in [3.05, 3.63) is 29.3 Å². The lowest BCUT2D eigenvalue weighted by atomic mass is 10.0. The van der Waals surface area contributed by atoms with E-state index >= 15 is 0 Å². The minimum Gasteiger partial charge on any atom is -0.389 e. The van der Waals surface area contributed by atoms with E-state index in [-0.39, 0.29) is 0 Å². The van der Waals surface area contributed by atoms with Gasteiger partial charge >= 0.3 is 0 Å². The molecule has 1 saturated heterocycles. The molecule has 1 aliphatic heterocycles. The van der Waals surface area contributed by atoms with Crippen LogP contribution in [0.5, 0.6) is 0 Å². The average molecular weight is 242 g/mol. The second-order valence-corrected chi connectivity index (χ2v) is 5.55. The molecule has 18 heavy (non-hydrogen) atoms. The molecule has 1 aliphatic carbocycles. The van der Waals surface area contributed by atoms with Crippen LogP contribution in [0.3, 0.4) is 0 Å². The van der Waals surface area contributed by atoms with Gasteiger partial charge in [0.2, 0.25) is 0 Å². The molecule has 3 heteroatoms. The summed E-state index contributed by atoms with van der Waals surface area (Å²) in [5.41, 5.74) is 2.69. The van der Waals surface area contributed by atoms with Crippen LogP contribution in [0, 0.1) is 17.2 Å². The molecule has 1 aromatic rings. The Kier molecular flexibility index (Phi) is 2.76. The van der Waals surface area contributed by atoms with Crippen molar-refractivity contribution in [3.8, 4) is 6.07 Å². The molecule has 2 bridgehead atoms. The topological polar surface area (TPSA) is 47.3 Å². The third-order valence-corrected chi connectivity index (χ3v) is 4.33. The molecule has 1 saturated carbocycles. The van der Waals surface area contributed by atoms with Gasteiger partial charge in [-0.15, -0.1) is 0 Å². The summed E-state index contributed by atoms with van der Waals surface area (Å²) in [7, 11) is 0. The van der Waals surface area contributed by atoms with Crippen LogP contribution in [0.25, 0.3) is 0 Å². The molecule has 94 valence electrons. The van der Waals surface area contributed by atoms with Crippen LogP contribution < -0.4 is 4.90 Å². The lowest BCUT2D eigenvalue weighted by Crippen LogP contribution is -2.32. The van der Waals surface area contributed by atoms with Gasteiger partial charge in [0.1, 0.15) is 0 Å². The highest BCUT2D eigenvalue weighted by molar-refractivity contribution is 5.60. The number of hydrogen-bond donors (Lipinski definition) is 1. The smallest absolute Gasteiger partial charge is 0.0992 e. The van der Waals surface area contributed by atoms with E-state index in [0.29, 0.717) is 11.6 Å². The van der Waals surface area contributed by atoms with Crippen LogP contribution in [0.2, 0.25) is 0 Å². The molecule has 3 nitrogen and oxygen atoms in total. The van der Waals surface area contributed by atoms with E-state index in [1.165, 1.54) is 19.3 Å². The number of rotatable bonds is 2. The molecule has 2 fully saturated rings. The van der Waals surface area contributed by atoms with Crippen molar-refractivity contribution >= 4 is 5.69 Å². The predicted octanol–water partition coefficient (Wildman–Crippen LogP) is 2.60. The Hall–Kier alpha value is -1.53. The molecule has 3 atom stereocenters. The molecule has 0 spiro atoms. The van der Waals surface area contributed by atoms with E-state index in [1.54, 1.807) is 13.0 Å². The molecule has 1 heterocycles. The maximum atomic E-state index is 9.89. The van der Waals surface area contributed by atoms with E-state index in [4.69, 9.17) is 5.26 Å². The first-order chi connectivity index (χ1) is 8.69. The van der Waals surface area contributed by atoms with Crippen molar-refractivity contribution in [2.45, 2.75) is 38.3 Å². The molecule has 3 unspecified atom stereocenters. The summed E-state index contributed by atoms with van der Waals surface area (Å²) in [6.07, 6.45) is 3.38. The number of hydrogen-bond acceptors (Lipinski definition) is 3. The van der Waals surface area contributed by atoms with Gasteiger partial charge in [0.05, 0.1) is 17.7 Å². The summed E-state index contributed by atoms with van der Waals surface area (Å²) in [5.74, 6) is 0.808. The first-order valence-electron chi connectivity index (χ1n) is 6.68. The molecule has 0 aromatic heterocycles.